The lowest BCUT2D eigenvalue weighted by Crippen LogP contribution is -2.02. The summed E-state index contributed by atoms with van der Waals surface area (Å²) in [6.07, 6.45) is 2.59. The lowest BCUT2D eigenvalue weighted by atomic mass is 9.99. The normalized spacial score (nSPS) is 21.5. The predicted molar refractivity (Wildman–Crippen MR) is 62.3 cm³/mol. The molecule has 0 N–H and O–H groups in total. The number of nitro groups is 1. The number of nitro benzene ring substituents is 1. The van der Waals surface area contributed by atoms with Crippen LogP contribution in [0.15, 0.2) is 6.07 Å². The number of rotatable bonds is 1. The van der Waals surface area contributed by atoms with Crippen LogP contribution < -0.4 is 0 Å². The number of Topliss-reactive ketones (excluding diaryl/α,β-unsaturated/α-hetero) is 1. The van der Waals surface area contributed by atoms with Crippen molar-refractivity contribution in [3.8, 4) is 0 Å². The molecule has 1 unspecified atom stereocenters. The van der Waals surface area contributed by atoms with Crippen LogP contribution in [0.25, 0.3) is 0 Å². The standard InChI is InChI=1S/C13H13NO3/c1-7-4-8-6-11-9(2-3-12(11)15)13(14(16)17)10(8)5-7/h6-7H,2-5H2,1H3. The quantitative estimate of drug-likeness (QED) is 0.551. The van der Waals surface area contributed by atoms with Crippen molar-refractivity contribution in [3.63, 3.8) is 0 Å². The zero-order valence-corrected chi connectivity index (χ0v) is 9.66. The molecule has 0 spiro atoms. The van der Waals surface area contributed by atoms with Crippen molar-refractivity contribution in [1.29, 1.82) is 0 Å². The Bertz CT molecular complexity index is 548. The minimum absolute atomic E-state index is 0.0606. The second kappa shape index (κ2) is 3.39. The van der Waals surface area contributed by atoms with Crippen LogP contribution >= 0.6 is 0 Å². The monoisotopic (exact) mass is 231 g/mol. The summed E-state index contributed by atoms with van der Waals surface area (Å²) in [5.41, 5.74) is 3.39. The van der Waals surface area contributed by atoms with Crippen LogP contribution in [0.2, 0.25) is 0 Å². The summed E-state index contributed by atoms with van der Waals surface area (Å²) in [4.78, 5) is 22.6. The molecule has 4 nitrogen and oxygen atoms in total. The van der Waals surface area contributed by atoms with E-state index in [1.54, 1.807) is 0 Å². The highest BCUT2D eigenvalue weighted by Gasteiger charge is 2.35. The van der Waals surface area contributed by atoms with Gasteiger partial charge >= 0.3 is 0 Å². The molecule has 0 saturated heterocycles. The number of hydrogen-bond acceptors (Lipinski definition) is 3. The Morgan fingerprint density at radius 1 is 1.29 bits per heavy atom. The summed E-state index contributed by atoms with van der Waals surface area (Å²) in [5.74, 6) is 0.506. The van der Waals surface area contributed by atoms with Gasteiger partial charge in [0.05, 0.1) is 4.92 Å². The van der Waals surface area contributed by atoms with Crippen molar-refractivity contribution in [2.24, 2.45) is 5.92 Å². The van der Waals surface area contributed by atoms with Crippen LogP contribution in [0.3, 0.4) is 0 Å². The molecular formula is C13H13NO3. The second-order valence-corrected chi connectivity index (χ2v) is 5.08. The smallest absolute Gasteiger partial charge is 0.276 e. The molecule has 0 aliphatic heterocycles. The number of fused-ring (bicyclic) bond motifs is 2. The maximum absolute atomic E-state index is 11.7. The first kappa shape index (κ1) is 10.4. The molecule has 88 valence electrons. The highest BCUT2D eigenvalue weighted by atomic mass is 16.6. The molecule has 0 fully saturated rings. The minimum atomic E-state index is -0.297. The van der Waals surface area contributed by atoms with Crippen LogP contribution in [0.4, 0.5) is 5.69 Å². The fourth-order valence-corrected chi connectivity index (χ4v) is 3.11. The summed E-state index contributed by atoms with van der Waals surface area (Å²) in [6.45, 7) is 2.09. The Kier molecular flexibility index (Phi) is 2.08. The lowest BCUT2D eigenvalue weighted by Gasteiger charge is -2.06. The second-order valence-electron chi connectivity index (χ2n) is 5.08. The fraction of sp³-hybridized carbons (Fsp3) is 0.462. The largest absolute Gasteiger partial charge is 0.294 e. The molecule has 0 bridgehead atoms. The van der Waals surface area contributed by atoms with Crippen molar-refractivity contribution in [2.45, 2.75) is 32.6 Å². The Hall–Kier alpha value is -1.71. The number of carbonyl (C=O) groups is 1. The van der Waals surface area contributed by atoms with Gasteiger partial charge < -0.3 is 0 Å². The van der Waals surface area contributed by atoms with Gasteiger partial charge in [-0.15, -0.1) is 0 Å². The van der Waals surface area contributed by atoms with Gasteiger partial charge in [-0.1, -0.05) is 6.92 Å². The molecule has 3 rings (SSSR count). The third kappa shape index (κ3) is 1.40. The van der Waals surface area contributed by atoms with Gasteiger partial charge in [-0.3, -0.25) is 14.9 Å². The summed E-state index contributed by atoms with van der Waals surface area (Å²) in [7, 11) is 0. The average molecular weight is 231 g/mol. The molecule has 1 atom stereocenters. The van der Waals surface area contributed by atoms with E-state index < -0.39 is 0 Å². The van der Waals surface area contributed by atoms with Crippen molar-refractivity contribution in [1.82, 2.24) is 0 Å². The first-order valence-corrected chi connectivity index (χ1v) is 5.93. The van der Waals surface area contributed by atoms with Gasteiger partial charge in [0.25, 0.3) is 5.69 Å². The Labute approximate surface area is 98.8 Å². The highest BCUT2D eigenvalue weighted by Crippen LogP contribution is 2.41. The molecule has 0 amide bonds. The molecule has 2 aliphatic rings. The molecule has 1 aromatic carbocycles. The van der Waals surface area contributed by atoms with Crippen molar-refractivity contribution in [3.05, 3.63) is 38.4 Å². The zero-order valence-electron chi connectivity index (χ0n) is 9.66. The molecule has 0 aromatic heterocycles. The van der Waals surface area contributed by atoms with Crippen molar-refractivity contribution in [2.75, 3.05) is 0 Å². The van der Waals surface area contributed by atoms with Crippen LogP contribution in [0.1, 0.15) is 40.4 Å². The number of nitrogens with zero attached hydrogens (tertiary/aromatic N) is 1. The summed E-state index contributed by atoms with van der Waals surface area (Å²) >= 11 is 0. The van der Waals surface area contributed by atoms with E-state index in [9.17, 15) is 14.9 Å². The molecule has 17 heavy (non-hydrogen) atoms. The van der Waals surface area contributed by atoms with E-state index in [0.717, 1.165) is 24.0 Å². The van der Waals surface area contributed by atoms with Crippen molar-refractivity contribution < 1.29 is 9.72 Å². The molecule has 0 radical (unpaired) electrons. The number of hydrogen-bond donors (Lipinski definition) is 0. The number of carbonyl (C=O) groups excluding carboxylic acids is 1. The van der Waals surface area contributed by atoms with E-state index in [4.69, 9.17) is 0 Å². The van der Waals surface area contributed by atoms with Gasteiger partial charge in [0.15, 0.2) is 5.78 Å². The van der Waals surface area contributed by atoms with Gasteiger partial charge in [-0.25, -0.2) is 0 Å². The first-order valence-electron chi connectivity index (χ1n) is 5.93. The van der Waals surface area contributed by atoms with E-state index >= 15 is 0 Å². The summed E-state index contributed by atoms with van der Waals surface area (Å²) in [6, 6.07) is 1.90. The summed E-state index contributed by atoms with van der Waals surface area (Å²) < 4.78 is 0. The predicted octanol–water partition coefficient (Wildman–Crippen LogP) is 2.46. The Morgan fingerprint density at radius 2 is 2.06 bits per heavy atom. The van der Waals surface area contributed by atoms with Gasteiger partial charge in [0.1, 0.15) is 0 Å². The lowest BCUT2D eigenvalue weighted by molar-refractivity contribution is -0.386. The van der Waals surface area contributed by atoms with Crippen LogP contribution in [-0.2, 0) is 19.3 Å². The van der Waals surface area contributed by atoms with E-state index in [0.29, 0.717) is 29.9 Å². The van der Waals surface area contributed by atoms with Gasteiger partial charge in [-0.2, -0.15) is 0 Å². The van der Waals surface area contributed by atoms with Crippen molar-refractivity contribution >= 4 is 11.5 Å². The van der Waals surface area contributed by atoms with Crippen LogP contribution in [0, 0.1) is 16.0 Å². The van der Waals surface area contributed by atoms with Crippen LogP contribution in [-0.4, -0.2) is 10.7 Å². The van der Waals surface area contributed by atoms with E-state index in [2.05, 4.69) is 6.92 Å². The van der Waals surface area contributed by atoms with Gasteiger partial charge in [0.2, 0.25) is 0 Å². The SMILES string of the molecule is CC1Cc2cc3c(c([N+](=O)[O-])c2C1)CCC3=O. The molecular weight excluding hydrogens is 218 g/mol. The van der Waals surface area contributed by atoms with Crippen LogP contribution in [0.5, 0.6) is 0 Å². The fourth-order valence-electron chi connectivity index (χ4n) is 3.11. The maximum Gasteiger partial charge on any atom is 0.276 e. The van der Waals surface area contributed by atoms with E-state index in [1.807, 2.05) is 6.07 Å². The molecule has 1 aromatic rings. The maximum atomic E-state index is 11.7. The number of benzene rings is 1. The molecule has 4 heteroatoms. The first-order chi connectivity index (χ1) is 8.08. The topological polar surface area (TPSA) is 60.2 Å². The minimum Gasteiger partial charge on any atom is -0.294 e. The molecule has 0 saturated carbocycles. The van der Waals surface area contributed by atoms with E-state index in [1.165, 1.54) is 0 Å². The zero-order chi connectivity index (χ0) is 12.2. The molecule has 2 aliphatic carbocycles. The molecule has 0 heterocycles. The third-order valence-corrected chi connectivity index (χ3v) is 3.81. The summed E-state index contributed by atoms with van der Waals surface area (Å²) in [5, 5.41) is 11.2. The van der Waals surface area contributed by atoms with E-state index in [-0.39, 0.29) is 16.4 Å². The van der Waals surface area contributed by atoms with Gasteiger partial charge in [0, 0.05) is 23.1 Å². The third-order valence-electron chi connectivity index (χ3n) is 3.81. The Balaban J connectivity index is 2.29. The Morgan fingerprint density at radius 3 is 2.76 bits per heavy atom. The highest BCUT2D eigenvalue weighted by molar-refractivity contribution is 6.02. The number of ketones is 1. The van der Waals surface area contributed by atoms with Gasteiger partial charge in [-0.05, 0) is 36.8 Å². The average Bonchev–Trinajstić information content (AvgIpc) is 2.78.